The van der Waals surface area contributed by atoms with Crippen LogP contribution in [0.25, 0.3) is 0 Å². The van der Waals surface area contributed by atoms with Crippen molar-refractivity contribution in [3.05, 3.63) is 29.3 Å². The Balaban J connectivity index is 1.90. The van der Waals surface area contributed by atoms with Gasteiger partial charge in [0.05, 0.1) is 5.02 Å². The Hall–Kier alpha value is -0.770. The molecule has 1 aromatic carbocycles. The first kappa shape index (κ1) is 13.7. The van der Waals surface area contributed by atoms with Gasteiger partial charge in [0.2, 0.25) is 0 Å². The predicted octanol–water partition coefficient (Wildman–Crippen LogP) is 2.87. The Morgan fingerprint density at radius 1 is 1.39 bits per heavy atom. The number of benzene rings is 1. The number of hydrogen-bond donors (Lipinski definition) is 1. The van der Waals surface area contributed by atoms with Gasteiger partial charge < -0.3 is 14.8 Å². The zero-order valence-corrected chi connectivity index (χ0v) is 11.6. The van der Waals surface area contributed by atoms with Gasteiger partial charge in [-0.2, -0.15) is 0 Å². The van der Waals surface area contributed by atoms with E-state index in [2.05, 4.69) is 12.2 Å². The van der Waals surface area contributed by atoms with Crippen LogP contribution >= 0.6 is 11.6 Å². The summed E-state index contributed by atoms with van der Waals surface area (Å²) < 4.78 is 11.4. The first-order chi connectivity index (χ1) is 8.76. The Bertz CT molecular complexity index is 386. The van der Waals surface area contributed by atoms with Crippen LogP contribution in [-0.4, -0.2) is 31.9 Å². The van der Waals surface area contributed by atoms with Gasteiger partial charge in [-0.15, -0.1) is 0 Å². The lowest BCUT2D eigenvalue weighted by Crippen LogP contribution is -2.61. The Kier molecular flexibility index (Phi) is 4.87. The fraction of sp³-hybridized carbons (Fsp3) is 0.571. The molecule has 100 valence electrons. The number of nitrogens with one attached hydrogen (secondary N) is 1. The molecule has 2 rings (SSSR count). The minimum Gasteiger partial charge on any atom is -0.486 e. The normalized spacial score (nSPS) is 26.7. The van der Waals surface area contributed by atoms with E-state index in [0.717, 1.165) is 25.1 Å². The summed E-state index contributed by atoms with van der Waals surface area (Å²) in [6, 6.07) is 7.94. The molecule has 4 heteroatoms. The van der Waals surface area contributed by atoms with E-state index in [1.807, 2.05) is 24.3 Å². The van der Waals surface area contributed by atoms with Crippen LogP contribution in [0, 0.1) is 0 Å². The van der Waals surface area contributed by atoms with Gasteiger partial charge in [0.1, 0.15) is 18.0 Å². The molecule has 3 atom stereocenters. The Morgan fingerprint density at radius 2 is 2.17 bits per heavy atom. The minimum atomic E-state index is 0.0873. The van der Waals surface area contributed by atoms with Crippen molar-refractivity contribution in [1.29, 1.82) is 0 Å². The second-order valence-electron chi connectivity index (χ2n) is 4.58. The van der Waals surface area contributed by atoms with E-state index in [0.29, 0.717) is 11.1 Å². The molecule has 18 heavy (non-hydrogen) atoms. The molecule has 1 aliphatic rings. The third-order valence-electron chi connectivity index (χ3n) is 3.29. The maximum Gasteiger partial charge on any atom is 0.138 e. The standard InChI is InChI=1S/C14H20ClNO2/c1-3-8-16-11-9-13(14(11)17-2)18-12-7-5-4-6-10(12)15/h4-7,11,13-14,16H,3,8-9H2,1-2H3. The Morgan fingerprint density at radius 3 is 2.83 bits per heavy atom. The average molecular weight is 270 g/mol. The van der Waals surface area contributed by atoms with Crippen molar-refractivity contribution in [2.24, 2.45) is 0 Å². The number of hydrogen-bond acceptors (Lipinski definition) is 3. The molecule has 1 saturated carbocycles. The van der Waals surface area contributed by atoms with Gasteiger partial charge in [0.15, 0.2) is 0 Å². The smallest absolute Gasteiger partial charge is 0.138 e. The molecule has 0 aliphatic heterocycles. The average Bonchev–Trinajstić information content (AvgIpc) is 2.35. The van der Waals surface area contributed by atoms with Crippen molar-refractivity contribution < 1.29 is 9.47 Å². The lowest BCUT2D eigenvalue weighted by atomic mass is 9.85. The highest BCUT2D eigenvalue weighted by molar-refractivity contribution is 6.32. The molecule has 1 aromatic rings. The van der Waals surface area contributed by atoms with Crippen molar-refractivity contribution in [3.8, 4) is 5.75 Å². The summed E-state index contributed by atoms with van der Waals surface area (Å²) in [5.41, 5.74) is 0. The quantitative estimate of drug-likeness (QED) is 0.861. The summed E-state index contributed by atoms with van der Waals surface area (Å²) in [5, 5.41) is 4.11. The SMILES string of the molecule is CCCNC1CC(Oc2ccccc2Cl)C1OC. The number of rotatable bonds is 6. The van der Waals surface area contributed by atoms with Gasteiger partial charge >= 0.3 is 0 Å². The fourth-order valence-electron chi connectivity index (χ4n) is 2.25. The van der Waals surface area contributed by atoms with Crippen LogP contribution in [0.3, 0.4) is 0 Å². The summed E-state index contributed by atoms with van der Waals surface area (Å²) in [6.45, 7) is 3.18. The first-order valence-electron chi connectivity index (χ1n) is 6.43. The van der Waals surface area contributed by atoms with E-state index < -0.39 is 0 Å². The molecule has 1 fully saturated rings. The van der Waals surface area contributed by atoms with Gasteiger partial charge in [-0.1, -0.05) is 30.7 Å². The number of halogens is 1. The topological polar surface area (TPSA) is 30.5 Å². The highest BCUT2D eigenvalue weighted by Gasteiger charge is 2.43. The molecule has 0 heterocycles. The summed E-state index contributed by atoms with van der Waals surface area (Å²) in [5.74, 6) is 0.736. The monoisotopic (exact) mass is 269 g/mol. The van der Waals surface area contributed by atoms with Crippen LogP contribution in [0.4, 0.5) is 0 Å². The van der Waals surface area contributed by atoms with Crippen LogP contribution in [0.5, 0.6) is 5.75 Å². The van der Waals surface area contributed by atoms with Crippen LogP contribution in [0.15, 0.2) is 24.3 Å². The van der Waals surface area contributed by atoms with E-state index in [4.69, 9.17) is 21.1 Å². The second kappa shape index (κ2) is 6.41. The van der Waals surface area contributed by atoms with Gasteiger partial charge in [0, 0.05) is 19.6 Å². The predicted molar refractivity (Wildman–Crippen MR) is 73.4 cm³/mol. The first-order valence-corrected chi connectivity index (χ1v) is 6.81. The van der Waals surface area contributed by atoms with Gasteiger partial charge in [-0.25, -0.2) is 0 Å². The summed E-state index contributed by atoms with van der Waals surface area (Å²) >= 11 is 6.08. The van der Waals surface area contributed by atoms with E-state index in [-0.39, 0.29) is 12.2 Å². The second-order valence-corrected chi connectivity index (χ2v) is 4.99. The van der Waals surface area contributed by atoms with Crippen molar-refractivity contribution in [2.45, 2.75) is 38.0 Å². The molecule has 0 saturated heterocycles. The molecular formula is C14H20ClNO2. The highest BCUT2D eigenvalue weighted by atomic mass is 35.5. The summed E-state index contributed by atoms with van der Waals surface area (Å²) in [4.78, 5) is 0. The highest BCUT2D eigenvalue weighted by Crippen LogP contribution is 2.32. The molecule has 0 spiro atoms. The van der Waals surface area contributed by atoms with Crippen molar-refractivity contribution in [2.75, 3.05) is 13.7 Å². The van der Waals surface area contributed by atoms with Crippen LogP contribution in [0.1, 0.15) is 19.8 Å². The van der Waals surface area contributed by atoms with Gasteiger partial charge in [0.25, 0.3) is 0 Å². The maximum absolute atomic E-state index is 6.08. The Labute approximate surface area is 113 Å². The van der Waals surface area contributed by atoms with Crippen molar-refractivity contribution >= 4 is 11.6 Å². The maximum atomic E-state index is 6.08. The molecule has 0 radical (unpaired) electrons. The molecule has 0 aromatic heterocycles. The third-order valence-corrected chi connectivity index (χ3v) is 3.61. The summed E-state index contributed by atoms with van der Waals surface area (Å²) in [7, 11) is 1.73. The molecule has 1 aliphatic carbocycles. The fourth-order valence-corrected chi connectivity index (χ4v) is 2.43. The van der Waals surface area contributed by atoms with Gasteiger partial charge in [-0.3, -0.25) is 0 Å². The third kappa shape index (κ3) is 2.97. The van der Waals surface area contributed by atoms with Crippen LogP contribution < -0.4 is 10.1 Å². The molecule has 3 nitrogen and oxygen atoms in total. The van der Waals surface area contributed by atoms with Crippen molar-refractivity contribution in [3.63, 3.8) is 0 Å². The molecule has 0 amide bonds. The number of ether oxygens (including phenoxy) is 2. The molecule has 0 bridgehead atoms. The molecular weight excluding hydrogens is 250 g/mol. The lowest BCUT2D eigenvalue weighted by molar-refractivity contribution is -0.0886. The van der Waals surface area contributed by atoms with E-state index in [1.54, 1.807) is 7.11 Å². The largest absolute Gasteiger partial charge is 0.486 e. The number of methoxy groups -OCH3 is 1. The summed E-state index contributed by atoms with van der Waals surface area (Å²) in [6.07, 6.45) is 2.28. The molecule has 1 N–H and O–H groups in total. The minimum absolute atomic E-state index is 0.0873. The zero-order valence-electron chi connectivity index (χ0n) is 10.9. The van der Waals surface area contributed by atoms with Crippen LogP contribution in [-0.2, 0) is 4.74 Å². The van der Waals surface area contributed by atoms with Crippen molar-refractivity contribution in [1.82, 2.24) is 5.32 Å². The van der Waals surface area contributed by atoms with Gasteiger partial charge in [-0.05, 0) is 25.1 Å². The van der Waals surface area contributed by atoms with E-state index in [9.17, 15) is 0 Å². The van der Waals surface area contributed by atoms with Crippen LogP contribution in [0.2, 0.25) is 5.02 Å². The zero-order chi connectivity index (χ0) is 13.0. The lowest BCUT2D eigenvalue weighted by Gasteiger charge is -2.43. The van der Waals surface area contributed by atoms with E-state index in [1.165, 1.54) is 0 Å². The van der Waals surface area contributed by atoms with E-state index >= 15 is 0 Å². The number of para-hydroxylation sites is 1. The molecule has 3 unspecified atom stereocenters.